The molecule has 0 unspecified atom stereocenters. The molecule has 0 saturated carbocycles. The molecule has 1 aliphatic rings. The van der Waals surface area contributed by atoms with Crippen LogP contribution in [0.25, 0.3) is 17.4 Å². The summed E-state index contributed by atoms with van der Waals surface area (Å²) in [6.45, 7) is 4.24. The number of benzene rings is 1. The van der Waals surface area contributed by atoms with Gasteiger partial charge in [0.25, 0.3) is 11.1 Å². The van der Waals surface area contributed by atoms with E-state index in [1.807, 2.05) is 13.8 Å². The third kappa shape index (κ3) is 4.09. The highest BCUT2D eigenvalue weighted by Gasteiger charge is 2.35. The molecule has 1 aromatic heterocycles. The lowest BCUT2D eigenvalue weighted by atomic mass is 10.1. The monoisotopic (exact) mass is 405 g/mol. The van der Waals surface area contributed by atoms with Gasteiger partial charge in [-0.2, -0.15) is 0 Å². The first-order valence-electron chi connectivity index (χ1n) is 8.14. The minimum Gasteiger partial charge on any atom is -0.478 e. The lowest BCUT2D eigenvalue weighted by molar-refractivity contribution is -0.123. The summed E-state index contributed by atoms with van der Waals surface area (Å²) >= 11 is 6.75. The Kier molecular flexibility index (Phi) is 5.43. The number of carboxylic acids is 1. The lowest BCUT2D eigenvalue weighted by Gasteiger charge is -2.14. The van der Waals surface area contributed by atoms with Crippen molar-refractivity contribution in [1.29, 1.82) is 0 Å². The van der Waals surface area contributed by atoms with Gasteiger partial charge in [-0.15, -0.1) is 0 Å². The van der Waals surface area contributed by atoms with Crippen LogP contribution >= 0.6 is 23.4 Å². The Hall–Kier alpha value is -2.51. The Morgan fingerprint density at radius 1 is 1.30 bits per heavy atom. The van der Waals surface area contributed by atoms with E-state index in [-0.39, 0.29) is 27.7 Å². The zero-order chi connectivity index (χ0) is 19.7. The molecule has 1 fully saturated rings. The summed E-state index contributed by atoms with van der Waals surface area (Å²) in [7, 11) is 0. The topological polar surface area (TPSA) is 87.8 Å². The fraction of sp³-hybridized carbons (Fsp3) is 0.211. The fourth-order valence-electron chi connectivity index (χ4n) is 2.58. The first-order valence-corrected chi connectivity index (χ1v) is 9.34. The number of rotatable bonds is 5. The number of aromatic carboxylic acids is 1. The normalized spacial score (nSPS) is 16.0. The van der Waals surface area contributed by atoms with E-state index in [2.05, 4.69) is 0 Å². The van der Waals surface area contributed by atoms with Crippen molar-refractivity contribution in [2.45, 2.75) is 13.8 Å². The SMILES string of the molecule is CC(C)CN1C(=O)S/C(=C\c2ccc(-c3ccc(Cl)c(C(=O)O)c3)o2)C1=O. The number of thioether (sulfide) groups is 1. The van der Waals surface area contributed by atoms with Crippen molar-refractivity contribution < 1.29 is 23.9 Å². The predicted octanol–water partition coefficient (Wildman–Crippen LogP) is 4.99. The van der Waals surface area contributed by atoms with Crippen LogP contribution in [0.15, 0.2) is 39.7 Å². The number of amides is 2. The summed E-state index contributed by atoms with van der Waals surface area (Å²) in [5.41, 5.74) is 0.520. The van der Waals surface area contributed by atoms with Crippen LogP contribution in [0.5, 0.6) is 0 Å². The van der Waals surface area contributed by atoms with Crippen LogP contribution in [0.4, 0.5) is 4.79 Å². The Labute approximate surface area is 164 Å². The first kappa shape index (κ1) is 19.3. The number of hydrogen-bond donors (Lipinski definition) is 1. The second-order valence-electron chi connectivity index (χ2n) is 6.39. The Morgan fingerprint density at radius 3 is 2.70 bits per heavy atom. The van der Waals surface area contributed by atoms with Gasteiger partial charge >= 0.3 is 5.97 Å². The summed E-state index contributed by atoms with van der Waals surface area (Å²) in [5, 5.41) is 9.01. The molecule has 6 nitrogen and oxygen atoms in total. The van der Waals surface area contributed by atoms with Crippen LogP contribution in [0.2, 0.25) is 5.02 Å². The molecule has 1 aliphatic heterocycles. The average Bonchev–Trinajstić information content (AvgIpc) is 3.15. The maximum Gasteiger partial charge on any atom is 0.337 e. The molecule has 0 atom stereocenters. The lowest BCUT2D eigenvalue weighted by Crippen LogP contribution is -2.31. The van der Waals surface area contributed by atoms with Crippen LogP contribution in [-0.2, 0) is 4.79 Å². The van der Waals surface area contributed by atoms with Gasteiger partial charge in [-0.3, -0.25) is 14.5 Å². The fourth-order valence-corrected chi connectivity index (χ4v) is 3.61. The smallest absolute Gasteiger partial charge is 0.337 e. The van der Waals surface area contributed by atoms with Gasteiger partial charge in [-0.1, -0.05) is 25.4 Å². The van der Waals surface area contributed by atoms with Crippen molar-refractivity contribution in [1.82, 2.24) is 4.90 Å². The number of halogens is 1. The molecular weight excluding hydrogens is 390 g/mol. The van der Waals surface area contributed by atoms with Crippen LogP contribution in [0.3, 0.4) is 0 Å². The molecule has 0 aliphatic carbocycles. The van der Waals surface area contributed by atoms with Gasteiger partial charge in [0, 0.05) is 18.2 Å². The largest absolute Gasteiger partial charge is 0.478 e. The summed E-state index contributed by atoms with van der Waals surface area (Å²) in [4.78, 5) is 37.1. The van der Waals surface area contributed by atoms with Gasteiger partial charge in [0.05, 0.1) is 15.5 Å². The maximum atomic E-state index is 12.4. The summed E-state index contributed by atoms with van der Waals surface area (Å²) in [5.74, 6) is -0.459. The number of carbonyl (C=O) groups is 3. The molecule has 0 radical (unpaired) electrons. The zero-order valence-electron chi connectivity index (χ0n) is 14.6. The van der Waals surface area contributed by atoms with Crippen LogP contribution < -0.4 is 0 Å². The molecule has 2 aromatic rings. The zero-order valence-corrected chi connectivity index (χ0v) is 16.1. The number of hydrogen-bond acceptors (Lipinski definition) is 5. The maximum absolute atomic E-state index is 12.4. The van der Waals surface area contributed by atoms with Crippen LogP contribution in [-0.4, -0.2) is 33.7 Å². The number of furan rings is 1. The third-order valence-corrected chi connectivity index (χ3v) is 5.04. The van der Waals surface area contributed by atoms with Crippen molar-refractivity contribution in [3.05, 3.63) is 51.6 Å². The van der Waals surface area contributed by atoms with E-state index in [4.69, 9.17) is 16.0 Å². The summed E-state index contributed by atoms with van der Waals surface area (Å²) in [6.07, 6.45) is 1.52. The molecule has 2 amide bonds. The van der Waals surface area contributed by atoms with Crippen molar-refractivity contribution in [3.63, 3.8) is 0 Å². The van der Waals surface area contributed by atoms with Gasteiger partial charge in [-0.05, 0) is 48.0 Å². The Bertz CT molecular complexity index is 963. The van der Waals surface area contributed by atoms with Gasteiger partial charge in [0.2, 0.25) is 0 Å². The number of carboxylic acid groups (broad SMARTS) is 1. The van der Waals surface area contributed by atoms with Crippen LogP contribution in [0.1, 0.15) is 30.0 Å². The van der Waals surface area contributed by atoms with Gasteiger partial charge in [0.1, 0.15) is 11.5 Å². The van der Waals surface area contributed by atoms with E-state index in [0.29, 0.717) is 28.5 Å². The van der Waals surface area contributed by atoms with Gasteiger partial charge in [0.15, 0.2) is 0 Å². The van der Waals surface area contributed by atoms with E-state index in [0.717, 1.165) is 11.8 Å². The predicted molar refractivity (Wildman–Crippen MR) is 104 cm³/mol. The molecule has 0 bridgehead atoms. The minimum absolute atomic E-state index is 0.0260. The molecule has 1 aromatic carbocycles. The molecule has 1 saturated heterocycles. The summed E-state index contributed by atoms with van der Waals surface area (Å²) < 4.78 is 5.70. The highest BCUT2D eigenvalue weighted by Crippen LogP contribution is 2.34. The van der Waals surface area contributed by atoms with Crippen molar-refractivity contribution in [3.8, 4) is 11.3 Å². The molecular formula is C19H16ClNO5S. The number of imide groups is 1. The standard InChI is InChI=1S/C19H16ClNO5S/c1-10(2)9-21-17(22)16(27-19(21)25)8-12-4-6-15(26-12)11-3-5-14(20)13(7-11)18(23)24/h3-8,10H,9H2,1-2H3,(H,23,24)/b16-8-. The summed E-state index contributed by atoms with van der Waals surface area (Å²) in [6, 6.07) is 7.87. The highest BCUT2D eigenvalue weighted by molar-refractivity contribution is 8.18. The van der Waals surface area contributed by atoms with Crippen molar-refractivity contribution in [2.24, 2.45) is 5.92 Å². The number of carbonyl (C=O) groups excluding carboxylic acids is 2. The first-order chi connectivity index (χ1) is 12.8. The van der Waals surface area contributed by atoms with Crippen molar-refractivity contribution >= 4 is 46.6 Å². The molecule has 27 heavy (non-hydrogen) atoms. The molecule has 1 N–H and O–H groups in total. The van der Waals surface area contributed by atoms with E-state index >= 15 is 0 Å². The molecule has 0 spiro atoms. The second kappa shape index (κ2) is 7.62. The Balaban J connectivity index is 1.86. The third-order valence-electron chi connectivity index (χ3n) is 3.80. The van der Waals surface area contributed by atoms with E-state index in [9.17, 15) is 19.5 Å². The molecule has 2 heterocycles. The quantitative estimate of drug-likeness (QED) is 0.705. The van der Waals surface area contributed by atoms with Crippen LogP contribution in [0, 0.1) is 5.92 Å². The molecule has 3 rings (SSSR count). The number of nitrogens with zero attached hydrogens (tertiary/aromatic N) is 1. The van der Waals surface area contributed by atoms with Gasteiger partial charge < -0.3 is 9.52 Å². The van der Waals surface area contributed by atoms with E-state index in [1.165, 1.54) is 23.1 Å². The second-order valence-corrected chi connectivity index (χ2v) is 7.79. The minimum atomic E-state index is -1.13. The van der Waals surface area contributed by atoms with E-state index < -0.39 is 5.97 Å². The molecule has 8 heteroatoms. The van der Waals surface area contributed by atoms with Crippen molar-refractivity contribution in [2.75, 3.05) is 6.54 Å². The van der Waals surface area contributed by atoms with E-state index in [1.54, 1.807) is 18.2 Å². The molecule has 140 valence electrons. The Morgan fingerprint density at radius 2 is 2.04 bits per heavy atom. The highest BCUT2D eigenvalue weighted by atomic mass is 35.5. The van der Waals surface area contributed by atoms with Gasteiger partial charge in [-0.25, -0.2) is 4.79 Å². The average molecular weight is 406 g/mol.